The number of unbranched alkanes of at least 4 members (excludes halogenated alkanes) is 28. The van der Waals surface area contributed by atoms with Crippen molar-refractivity contribution in [2.75, 3.05) is 13.2 Å². The predicted octanol–water partition coefficient (Wildman–Crippen LogP) is 15.4. The van der Waals surface area contributed by atoms with Gasteiger partial charge < -0.3 is 14.2 Å². The van der Waals surface area contributed by atoms with Gasteiger partial charge in [-0.2, -0.15) is 0 Å². The van der Waals surface area contributed by atoms with Gasteiger partial charge in [-0.3, -0.25) is 14.4 Å². The van der Waals surface area contributed by atoms with Gasteiger partial charge in [0.15, 0.2) is 6.10 Å². The van der Waals surface area contributed by atoms with Crippen LogP contribution >= 0.6 is 0 Å². The quantitative estimate of drug-likeness (QED) is 0.0348. The zero-order chi connectivity index (χ0) is 40.5. The maximum atomic E-state index is 12.7. The molecule has 55 heavy (non-hydrogen) atoms. The van der Waals surface area contributed by atoms with Crippen LogP contribution in [0.4, 0.5) is 0 Å². The van der Waals surface area contributed by atoms with E-state index in [1.165, 1.54) is 148 Å². The molecule has 6 heteroatoms. The van der Waals surface area contributed by atoms with E-state index in [0.29, 0.717) is 19.3 Å². The third kappa shape index (κ3) is 43.4. The topological polar surface area (TPSA) is 78.9 Å². The van der Waals surface area contributed by atoms with Crippen LogP contribution in [-0.4, -0.2) is 37.2 Å². The molecule has 0 aliphatic carbocycles. The van der Waals surface area contributed by atoms with Crippen molar-refractivity contribution in [1.82, 2.24) is 0 Å². The molecule has 0 saturated heterocycles. The number of esters is 3. The van der Waals surface area contributed by atoms with E-state index >= 15 is 0 Å². The number of hydrogen-bond donors (Lipinski definition) is 0. The lowest BCUT2D eigenvalue weighted by Gasteiger charge is -2.18. The Morgan fingerprint density at radius 3 is 0.891 bits per heavy atom. The van der Waals surface area contributed by atoms with Crippen molar-refractivity contribution in [2.24, 2.45) is 11.8 Å². The molecule has 0 aromatic rings. The molecule has 0 unspecified atom stereocenters. The summed E-state index contributed by atoms with van der Waals surface area (Å²) in [5.41, 5.74) is 0. The normalized spacial score (nSPS) is 12.1. The molecule has 6 nitrogen and oxygen atoms in total. The summed E-state index contributed by atoms with van der Waals surface area (Å²) in [4.78, 5) is 37.6. The van der Waals surface area contributed by atoms with Gasteiger partial charge in [-0.15, -0.1) is 0 Å². The van der Waals surface area contributed by atoms with E-state index in [0.717, 1.165) is 76.0 Å². The zero-order valence-electron chi connectivity index (χ0n) is 37.6. The number of rotatable bonds is 43. The van der Waals surface area contributed by atoms with Gasteiger partial charge >= 0.3 is 17.9 Å². The Bertz CT molecular complexity index is 839. The second-order valence-corrected chi connectivity index (χ2v) is 17.7. The third-order valence-corrected chi connectivity index (χ3v) is 11.0. The Morgan fingerprint density at radius 2 is 0.600 bits per heavy atom. The summed E-state index contributed by atoms with van der Waals surface area (Å²) in [7, 11) is 0. The van der Waals surface area contributed by atoms with Gasteiger partial charge in [-0.25, -0.2) is 0 Å². The smallest absolute Gasteiger partial charge is 0.306 e. The standard InChI is InChI=1S/C49H94O6/c1-6-7-8-27-34-39-47(50)53-42-46(43-54-48(51)40-35-30-25-21-18-14-16-20-24-29-33-38-45(4)5)55-49(52)41-36-31-26-22-17-13-11-9-10-12-15-19-23-28-32-37-44(2)3/h44-46H,6-43H2,1-5H3/t46-/m1/s1. The van der Waals surface area contributed by atoms with Crippen LogP contribution in [-0.2, 0) is 28.6 Å². The molecule has 1 atom stereocenters. The highest BCUT2D eigenvalue weighted by Crippen LogP contribution is 2.17. The van der Waals surface area contributed by atoms with E-state index in [1.807, 2.05) is 0 Å². The zero-order valence-corrected chi connectivity index (χ0v) is 37.6. The molecule has 0 radical (unpaired) electrons. The highest BCUT2D eigenvalue weighted by Gasteiger charge is 2.19. The SMILES string of the molecule is CCCCCCCC(=O)OC[C@H](COC(=O)CCCCCCCCCCCCCC(C)C)OC(=O)CCCCCCCCCCCCCCCCCC(C)C. The molecule has 0 fully saturated rings. The summed E-state index contributed by atoms with van der Waals surface area (Å²) in [6, 6.07) is 0. The summed E-state index contributed by atoms with van der Waals surface area (Å²) in [6.45, 7) is 11.3. The summed E-state index contributed by atoms with van der Waals surface area (Å²) in [5.74, 6) is 0.808. The molecule has 0 aliphatic heterocycles. The van der Waals surface area contributed by atoms with E-state index in [9.17, 15) is 14.4 Å². The molecule has 326 valence electrons. The van der Waals surface area contributed by atoms with E-state index in [1.54, 1.807) is 0 Å². The summed E-state index contributed by atoms with van der Waals surface area (Å²) < 4.78 is 16.6. The van der Waals surface area contributed by atoms with E-state index in [-0.39, 0.29) is 31.1 Å². The lowest BCUT2D eigenvalue weighted by molar-refractivity contribution is -0.167. The van der Waals surface area contributed by atoms with E-state index < -0.39 is 6.10 Å². The van der Waals surface area contributed by atoms with Crippen molar-refractivity contribution < 1.29 is 28.6 Å². The van der Waals surface area contributed by atoms with Crippen LogP contribution < -0.4 is 0 Å². The summed E-state index contributed by atoms with van der Waals surface area (Å²) >= 11 is 0. The van der Waals surface area contributed by atoms with E-state index in [4.69, 9.17) is 14.2 Å². The Morgan fingerprint density at radius 1 is 0.345 bits per heavy atom. The lowest BCUT2D eigenvalue weighted by atomic mass is 10.0. The molecule has 0 heterocycles. The minimum absolute atomic E-state index is 0.0652. The van der Waals surface area contributed by atoms with Crippen LogP contribution in [0.25, 0.3) is 0 Å². The first-order chi connectivity index (χ1) is 26.7. The second-order valence-electron chi connectivity index (χ2n) is 17.7. The molecular formula is C49H94O6. The average Bonchev–Trinajstić information content (AvgIpc) is 3.15. The molecule has 0 aromatic carbocycles. The first-order valence-corrected chi connectivity index (χ1v) is 24.2. The van der Waals surface area contributed by atoms with Gasteiger partial charge in [0.05, 0.1) is 0 Å². The predicted molar refractivity (Wildman–Crippen MR) is 233 cm³/mol. The maximum absolute atomic E-state index is 12.7. The molecule has 0 amide bonds. The summed E-state index contributed by atoms with van der Waals surface area (Å²) in [6.07, 6.45) is 41.2. The van der Waals surface area contributed by atoms with Crippen LogP contribution in [0.2, 0.25) is 0 Å². The Balaban J connectivity index is 4.14. The fourth-order valence-corrected chi connectivity index (χ4v) is 7.28. The number of hydrogen-bond acceptors (Lipinski definition) is 6. The highest BCUT2D eigenvalue weighted by molar-refractivity contribution is 5.71. The number of carbonyl (C=O) groups is 3. The second kappa shape index (κ2) is 42.0. The van der Waals surface area contributed by atoms with Crippen LogP contribution in [0.1, 0.15) is 266 Å². The van der Waals surface area contributed by atoms with Gasteiger partial charge in [0.25, 0.3) is 0 Å². The maximum Gasteiger partial charge on any atom is 0.306 e. The molecule has 0 saturated carbocycles. The lowest BCUT2D eigenvalue weighted by Crippen LogP contribution is -2.30. The van der Waals surface area contributed by atoms with Crippen molar-refractivity contribution in [3.8, 4) is 0 Å². The number of carbonyl (C=O) groups excluding carboxylic acids is 3. The van der Waals surface area contributed by atoms with E-state index in [2.05, 4.69) is 34.6 Å². The van der Waals surface area contributed by atoms with Crippen LogP contribution in [0, 0.1) is 11.8 Å². The van der Waals surface area contributed by atoms with Gasteiger partial charge in [0.2, 0.25) is 0 Å². The van der Waals surface area contributed by atoms with Crippen molar-refractivity contribution >= 4 is 17.9 Å². The van der Waals surface area contributed by atoms with Crippen molar-refractivity contribution in [1.29, 1.82) is 0 Å². The molecule has 0 aliphatic rings. The first-order valence-electron chi connectivity index (χ1n) is 24.2. The van der Waals surface area contributed by atoms with Gasteiger partial charge in [-0.05, 0) is 31.1 Å². The molecular weight excluding hydrogens is 685 g/mol. The average molecular weight is 779 g/mol. The fraction of sp³-hybridized carbons (Fsp3) is 0.939. The molecule has 0 rings (SSSR count). The van der Waals surface area contributed by atoms with Crippen molar-refractivity contribution in [2.45, 2.75) is 272 Å². The van der Waals surface area contributed by atoms with Crippen LogP contribution in [0.3, 0.4) is 0 Å². The van der Waals surface area contributed by atoms with Gasteiger partial charge in [0.1, 0.15) is 13.2 Å². The minimum atomic E-state index is -0.759. The molecule has 0 spiro atoms. The first kappa shape index (κ1) is 53.4. The Labute approximate surface area is 342 Å². The number of ether oxygens (including phenoxy) is 3. The third-order valence-electron chi connectivity index (χ3n) is 11.0. The molecule has 0 bridgehead atoms. The Kier molecular flexibility index (Phi) is 40.8. The van der Waals surface area contributed by atoms with Crippen LogP contribution in [0.15, 0.2) is 0 Å². The minimum Gasteiger partial charge on any atom is -0.462 e. The van der Waals surface area contributed by atoms with Crippen molar-refractivity contribution in [3.05, 3.63) is 0 Å². The van der Waals surface area contributed by atoms with Crippen molar-refractivity contribution in [3.63, 3.8) is 0 Å². The summed E-state index contributed by atoms with van der Waals surface area (Å²) in [5, 5.41) is 0. The monoisotopic (exact) mass is 779 g/mol. The Hall–Kier alpha value is -1.59. The molecule has 0 N–H and O–H groups in total. The fourth-order valence-electron chi connectivity index (χ4n) is 7.28. The highest BCUT2D eigenvalue weighted by atomic mass is 16.6. The van der Waals surface area contributed by atoms with Gasteiger partial charge in [0, 0.05) is 19.3 Å². The van der Waals surface area contributed by atoms with Gasteiger partial charge in [-0.1, -0.05) is 227 Å². The molecule has 0 aromatic heterocycles. The largest absolute Gasteiger partial charge is 0.462 e. The van der Waals surface area contributed by atoms with Crippen LogP contribution in [0.5, 0.6) is 0 Å².